The number of fused-ring (bicyclic) bond motifs is 2. The van der Waals surface area contributed by atoms with E-state index in [4.69, 9.17) is 0 Å². The lowest BCUT2D eigenvalue weighted by Gasteiger charge is -2.26. The van der Waals surface area contributed by atoms with Gasteiger partial charge in [0, 0.05) is 70.9 Å². The number of hydrogen-bond donors (Lipinski definition) is 0. The number of hydrogen-bond acceptors (Lipinski definition) is 2. The summed E-state index contributed by atoms with van der Waals surface area (Å²) in [5, 5.41) is 0. The van der Waals surface area contributed by atoms with Gasteiger partial charge in [0.25, 0.3) is 0 Å². The standard InChI is InChI=1S/C6H10I2N2/c7-9-2-1-5-3-6(9)4-10(5)8/h5-6H,1-4H2. The summed E-state index contributed by atoms with van der Waals surface area (Å²) in [4.78, 5) is 0. The average molecular weight is 364 g/mol. The number of rotatable bonds is 0. The van der Waals surface area contributed by atoms with Gasteiger partial charge in [0.2, 0.25) is 0 Å². The molecule has 2 saturated heterocycles. The van der Waals surface area contributed by atoms with Crippen LogP contribution in [0.4, 0.5) is 0 Å². The minimum absolute atomic E-state index is 0.844. The third-order valence-corrected chi connectivity index (χ3v) is 4.85. The predicted octanol–water partition coefficient (Wildman–Crippen LogP) is 1.83. The molecule has 2 atom stereocenters. The summed E-state index contributed by atoms with van der Waals surface area (Å²) in [6.45, 7) is 2.56. The van der Waals surface area contributed by atoms with Gasteiger partial charge in [0.1, 0.15) is 0 Å². The first kappa shape index (κ1) is 8.00. The van der Waals surface area contributed by atoms with Crippen LogP contribution in [-0.4, -0.2) is 31.4 Å². The van der Waals surface area contributed by atoms with Crippen LogP contribution in [0.25, 0.3) is 0 Å². The van der Waals surface area contributed by atoms with E-state index in [1.165, 1.54) is 25.9 Å². The Morgan fingerprint density at radius 1 is 1.10 bits per heavy atom. The van der Waals surface area contributed by atoms with Crippen LogP contribution in [0.1, 0.15) is 12.8 Å². The Bertz CT molecular complexity index is 140. The van der Waals surface area contributed by atoms with E-state index < -0.39 is 0 Å². The molecule has 0 aromatic rings. The zero-order valence-electron chi connectivity index (χ0n) is 5.63. The van der Waals surface area contributed by atoms with Crippen molar-refractivity contribution < 1.29 is 0 Å². The molecular weight excluding hydrogens is 354 g/mol. The van der Waals surface area contributed by atoms with E-state index in [0.717, 1.165) is 12.1 Å². The molecule has 2 heterocycles. The summed E-state index contributed by atoms with van der Waals surface area (Å²) in [5.74, 6) is 0. The molecule has 0 aromatic carbocycles. The fourth-order valence-corrected chi connectivity index (χ4v) is 3.41. The van der Waals surface area contributed by atoms with Gasteiger partial charge in [-0.1, -0.05) is 0 Å². The van der Waals surface area contributed by atoms with Crippen molar-refractivity contribution in [1.82, 2.24) is 6.23 Å². The molecule has 58 valence electrons. The van der Waals surface area contributed by atoms with Crippen molar-refractivity contribution in [3.05, 3.63) is 0 Å². The largest absolute Gasteiger partial charge is 0.243 e. The minimum Gasteiger partial charge on any atom is -0.243 e. The zero-order chi connectivity index (χ0) is 7.14. The molecule has 4 heteroatoms. The topological polar surface area (TPSA) is 6.48 Å². The lowest BCUT2D eigenvalue weighted by Crippen LogP contribution is -2.32. The molecule has 0 N–H and O–H groups in total. The van der Waals surface area contributed by atoms with E-state index in [1.54, 1.807) is 0 Å². The Labute approximate surface area is 89.3 Å². The third-order valence-electron chi connectivity index (χ3n) is 2.40. The van der Waals surface area contributed by atoms with Crippen molar-refractivity contribution in [2.24, 2.45) is 0 Å². The summed E-state index contributed by atoms with van der Waals surface area (Å²) in [5.41, 5.74) is 0. The Hall–Kier alpha value is 1.38. The molecule has 2 aliphatic rings. The second kappa shape index (κ2) is 3.02. The van der Waals surface area contributed by atoms with Gasteiger partial charge in [-0.25, -0.2) is 6.23 Å². The smallest absolute Gasteiger partial charge is 0.0344 e. The molecule has 0 amide bonds. The number of nitrogens with zero attached hydrogens (tertiary/aromatic N) is 2. The summed E-state index contributed by atoms with van der Waals surface area (Å²) in [7, 11) is 0. The van der Waals surface area contributed by atoms with Gasteiger partial charge in [-0.05, 0) is 12.8 Å². The first-order valence-corrected chi connectivity index (χ1v) is 5.55. The molecule has 2 nitrogen and oxygen atoms in total. The van der Waals surface area contributed by atoms with Gasteiger partial charge < -0.3 is 0 Å². The summed E-state index contributed by atoms with van der Waals surface area (Å²) < 4.78 is 4.94. The first-order chi connectivity index (χ1) is 4.77. The average Bonchev–Trinajstić information content (AvgIpc) is 2.21. The van der Waals surface area contributed by atoms with E-state index in [2.05, 4.69) is 52.0 Å². The van der Waals surface area contributed by atoms with Crippen molar-refractivity contribution in [1.29, 1.82) is 0 Å². The molecule has 2 aliphatic heterocycles. The zero-order valence-corrected chi connectivity index (χ0v) is 9.95. The lowest BCUT2D eigenvalue weighted by atomic mass is 10.1. The highest BCUT2D eigenvalue weighted by Crippen LogP contribution is 2.33. The maximum Gasteiger partial charge on any atom is 0.0344 e. The van der Waals surface area contributed by atoms with Gasteiger partial charge in [-0.3, -0.25) is 0 Å². The molecule has 2 bridgehead atoms. The van der Waals surface area contributed by atoms with Crippen molar-refractivity contribution in [3.8, 4) is 0 Å². The van der Waals surface area contributed by atoms with Crippen LogP contribution in [0.15, 0.2) is 0 Å². The maximum absolute atomic E-state index is 2.47. The van der Waals surface area contributed by atoms with Crippen LogP contribution in [-0.2, 0) is 0 Å². The third kappa shape index (κ3) is 1.32. The van der Waals surface area contributed by atoms with Crippen LogP contribution in [0, 0.1) is 0 Å². The molecule has 0 spiro atoms. The first-order valence-electron chi connectivity index (χ1n) is 3.62. The summed E-state index contributed by atoms with van der Waals surface area (Å²) in [6, 6.07) is 1.73. The highest BCUT2D eigenvalue weighted by atomic mass is 127. The van der Waals surface area contributed by atoms with Crippen molar-refractivity contribution >= 4 is 45.7 Å². The van der Waals surface area contributed by atoms with Gasteiger partial charge in [0.05, 0.1) is 0 Å². The number of piperidine rings is 1. The quantitative estimate of drug-likeness (QED) is 0.478. The van der Waals surface area contributed by atoms with E-state index in [-0.39, 0.29) is 0 Å². The second-order valence-electron chi connectivity index (χ2n) is 3.04. The van der Waals surface area contributed by atoms with Gasteiger partial charge in [0.15, 0.2) is 0 Å². The molecule has 0 aromatic heterocycles. The van der Waals surface area contributed by atoms with E-state index in [9.17, 15) is 0 Å². The summed E-state index contributed by atoms with van der Waals surface area (Å²) >= 11 is 4.92. The van der Waals surface area contributed by atoms with Gasteiger partial charge >= 0.3 is 0 Å². The monoisotopic (exact) mass is 364 g/mol. The fourth-order valence-electron chi connectivity index (χ4n) is 1.77. The highest BCUT2D eigenvalue weighted by molar-refractivity contribution is 14.1. The molecular formula is C6H10I2N2. The lowest BCUT2D eigenvalue weighted by molar-refractivity contribution is 0.331. The highest BCUT2D eigenvalue weighted by Gasteiger charge is 2.37. The maximum atomic E-state index is 2.47. The SMILES string of the molecule is IN1CCC2CC1CN2I. The van der Waals surface area contributed by atoms with Crippen LogP contribution in [0.3, 0.4) is 0 Å². The normalized spacial score (nSPS) is 42.6. The Morgan fingerprint density at radius 2 is 1.90 bits per heavy atom. The van der Waals surface area contributed by atoms with E-state index in [0.29, 0.717) is 0 Å². The molecule has 0 radical (unpaired) electrons. The second-order valence-corrected chi connectivity index (χ2v) is 5.52. The van der Waals surface area contributed by atoms with Crippen LogP contribution < -0.4 is 0 Å². The number of halogens is 2. The minimum atomic E-state index is 0.844. The molecule has 10 heavy (non-hydrogen) atoms. The van der Waals surface area contributed by atoms with Gasteiger partial charge in [-0.15, -0.1) is 0 Å². The van der Waals surface area contributed by atoms with Crippen LogP contribution in [0.2, 0.25) is 0 Å². The molecule has 2 unspecified atom stereocenters. The fraction of sp³-hybridized carbons (Fsp3) is 1.00. The van der Waals surface area contributed by atoms with E-state index in [1.807, 2.05) is 0 Å². The summed E-state index contributed by atoms with van der Waals surface area (Å²) in [6.07, 6.45) is 2.76. The Kier molecular flexibility index (Phi) is 2.42. The molecule has 0 aliphatic carbocycles. The molecule has 2 fully saturated rings. The Balaban J connectivity index is 2.08. The molecule has 2 rings (SSSR count). The van der Waals surface area contributed by atoms with Crippen molar-refractivity contribution in [3.63, 3.8) is 0 Å². The van der Waals surface area contributed by atoms with E-state index >= 15 is 0 Å². The van der Waals surface area contributed by atoms with Crippen molar-refractivity contribution in [2.45, 2.75) is 24.9 Å². The Morgan fingerprint density at radius 3 is 2.60 bits per heavy atom. The molecule has 0 saturated carbocycles. The van der Waals surface area contributed by atoms with Crippen LogP contribution in [0.5, 0.6) is 0 Å². The van der Waals surface area contributed by atoms with Gasteiger partial charge in [-0.2, -0.15) is 0 Å². The van der Waals surface area contributed by atoms with Crippen LogP contribution >= 0.6 is 45.7 Å². The van der Waals surface area contributed by atoms with Crippen molar-refractivity contribution in [2.75, 3.05) is 13.1 Å². The predicted molar refractivity (Wildman–Crippen MR) is 58.3 cm³/mol.